The summed E-state index contributed by atoms with van der Waals surface area (Å²) in [7, 11) is 0. The molecule has 2 aromatic carbocycles. The monoisotopic (exact) mass is 524 g/mol. The minimum atomic E-state index is -0.579. The topological polar surface area (TPSA) is 86.7 Å². The van der Waals surface area contributed by atoms with Gasteiger partial charge in [-0.2, -0.15) is 0 Å². The van der Waals surface area contributed by atoms with Gasteiger partial charge in [0.2, 0.25) is 5.91 Å². The molecule has 0 spiro atoms. The average molecular weight is 526 g/mol. The summed E-state index contributed by atoms with van der Waals surface area (Å²) in [4.78, 5) is 38.0. The fourth-order valence-corrected chi connectivity index (χ4v) is 4.54. The number of thioether (sulfide) groups is 1. The fourth-order valence-electron chi connectivity index (χ4n) is 2.45. The number of hydrogen-bond acceptors (Lipinski definition) is 5. The number of amides is 3. The van der Waals surface area contributed by atoms with Crippen LogP contribution in [0.15, 0.2) is 50.2 Å². The smallest absolute Gasteiger partial charge is 0.294 e. The lowest BCUT2D eigenvalue weighted by Gasteiger charge is -2.12. The molecule has 1 saturated heterocycles. The lowest BCUT2D eigenvalue weighted by atomic mass is 10.2. The number of phenols is 1. The number of carbonyl (C=O) groups is 3. The second-order valence-corrected chi connectivity index (χ2v) is 8.77. The van der Waals surface area contributed by atoms with Crippen LogP contribution in [-0.4, -0.2) is 33.6 Å². The molecule has 2 N–H and O–H groups in total. The van der Waals surface area contributed by atoms with E-state index in [0.717, 1.165) is 22.2 Å². The number of anilines is 1. The molecular formula is C19H14Br2N2O4S. The van der Waals surface area contributed by atoms with Gasteiger partial charge in [-0.1, -0.05) is 33.6 Å². The molecule has 6 nitrogen and oxygen atoms in total. The SMILES string of the molecule is Cc1ccc(NC(=O)CN2C(=O)S/C(=C\c3cc(Br)cc(Br)c3O)C2=O)cc1. The molecule has 1 heterocycles. The number of phenolic OH excluding ortho intramolecular Hbond substituents is 1. The summed E-state index contributed by atoms with van der Waals surface area (Å²) in [6.07, 6.45) is 1.42. The highest BCUT2D eigenvalue weighted by molar-refractivity contribution is 9.11. The van der Waals surface area contributed by atoms with Crippen LogP contribution in [0, 0.1) is 6.92 Å². The lowest BCUT2D eigenvalue weighted by Crippen LogP contribution is -2.36. The highest BCUT2D eigenvalue weighted by Crippen LogP contribution is 2.37. The lowest BCUT2D eigenvalue weighted by molar-refractivity contribution is -0.127. The number of carbonyl (C=O) groups excluding carboxylic acids is 3. The predicted octanol–water partition coefficient (Wildman–Crippen LogP) is 4.90. The summed E-state index contributed by atoms with van der Waals surface area (Å²) in [5.74, 6) is -1.10. The van der Waals surface area contributed by atoms with Crippen molar-refractivity contribution in [2.45, 2.75) is 6.92 Å². The van der Waals surface area contributed by atoms with Crippen LogP contribution in [0.25, 0.3) is 6.08 Å². The number of rotatable bonds is 4. The van der Waals surface area contributed by atoms with Crippen molar-refractivity contribution in [2.75, 3.05) is 11.9 Å². The summed E-state index contributed by atoms with van der Waals surface area (Å²) in [6.45, 7) is 1.55. The molecule has 2 aromatic rings. The highest BCUT2D eigenvalue weighted by atomic mass is 79.9. The molecule has 1 fully saturated rings. The van der Waals surface area contributed by atoms with E-state index < -0.39 is 17.1 Å². The molecule has 9 heteroatoms. The number of imide groups is 1. The van der Waals surface area contributed by atoms with Crippen LogP contribution >= 0.6 is 43.6 Å². The second kappa shape index (κ2) is 8.50. The predicted molar refractivity (Wildman–Crippen MR) is 116 cm³/mol. The van der Waals surface area contributed by atoms with Crippen molar-refractivity contribution in [1.82, 2.24) is 4.90 Å². The number of nitrogens with zero attached hydrogens (tertiary/aromatic N) is 1. The summed E-state index contributed by atoms with van der Waals surface area (Å²) in [6, 6.07) is 10.5. The zero-order chi connectivity index (χ0) is 20.4. The summed E-state index contributed by atoms with van der Waals surface area (Å²) in [5, 5.41) is 12.3. The maximum absolute atomic E-state index is 12.6. The minimum Gasteiger partial charge on any atom is -0.506 e. The van der Waals surface area contributed by atoms with E-state index in [2.05, 4.69) is 37.2 Å². The first kappa shape index (κ1) is 20.6. The molecule has 0 aliphatic carbocycles. The molecule has 0 bridgehead atoms. The molecule has 144 valence electrons. The molecule has 0 aromatic heterocycles. The van der Waals surface area contributed by atoms with Gasteiger partial charge in [0.05, 0.1) is 9.38 Å². The van der Waals surface area contributed by atoms with Crippen LogP contribution in [0.2, 0.25) is 0 Å². The van der Waals surface area contributed by atoms with Crippen LogP contribution in [0.4, 0.5) is 10.5 Å². The van der Waals surface area contributed by atoms with Crippen LogP contribution in [-0.2, 0) is 9.59 Å². The minimum absolute atomic E-state index is 0.0490. The molecule has 1 aliphatic heterocycles. The number of nitrogens with one attached hydrogen (secondary N) is 1. The molecule has 0 saturated carbocycles. The van der Waals surface area contributed by atoms with Crippen molar-refractivity contribution in [3.63, 3.8) is 0 Å². The molecular weight excluding hydrogens is 512 g/mol. The molecule has 3 rings (SSSR count). The fraction of sp³-hybridized carbons (Fsp3) is 0.105. The van der Waals surface area contributed by atoms with E-state index in [1.165, 1.54) is 6.08 Å². The van der Waals surface area contributed by atoms with Crippen molar-refractivity contribution in [1.29, 1.82) is 0 Å². The van der Waals surface area contributed by atoms with Crippen LogP contribution in [0.1, 0.15) is 11.1 Å². The van der Waals surface area contributed by atoms with Gasteiger partial charge in [0.1, 0.15) is 12.3 Å². The van der Waals surface area contributed by atoms with Crippen molar-refractivity contribution < 1.29 is 19.5 Å². The number of benzene rings is 2. The third-order valence-electron chi connectivity index (χ3n) is 3.85. The standard InChI is InChI=1S/C19H14Br2N2O4S/c1-10-2-4-13(5-3-10)22-16(24)9-23-18(26)15(28-19(23)27)7-11-6-12(20)8-14(21)17(11)25/h2-8,25H,9H2,1H3,(H,22,24)/b15-7-. The largest absolute Gasteiger partial charge is 0.506 e. The first-order chi connectivity index (χ1) is 13.2. The van der Waals surface area contributed by atoms with E-state index in [1.807, 2.05) is 19.1 Å². The zero-order valence-electron chi connectivity index (χ0n) is 14.5. The van der Waals surface area contributed by atoms with Gasteiger partial charge in [0.15, 0.2) is 0 Å². The molecule has 0 radical (unpaired) electrons. The zero-order valence-corrected chi connectivity index (χ0v) is 18.5. The van der Waals surface area contributed by atoms with Gasteiger partial charge in [-0.15, -0.1) is 0 Å². The van der Waals surface area contributed by atoms with Crippen LogP contribution < -0.4 is 5.32 Å². The van der Waals surface area contributed by atoms with E-state index in [4.69, 9.17) is 0 Å². The Hall–Kier alpha value is -2.10. The van der Waals surface area contributed by atoms with Crippen molar-refractivity contribution in [3.8, 4) is 5.75 Å². The van der Waals surface area contributed by atoms with Gasteiger partial charge in [0.25, 0.3) is 11.1 Å². The normalized spacial score (nSPS) is 15.4. The maximum atomic E-state index is 12.6. The molecule has 3 amide bonds. The van der Waals surface area contributed by atoms with E-state index in [1.54, 1.807) is 24.3 Å². The Kier molecular flexibility index (Phi) is 6.26. The Bertz CT molecular complexity index is 1010. The van der Waals surface area contributed by atoms with Crippen molar-refractivity contribution in [3.05, 3.63) is 61.4 Å². The molecule has 1 aliphatic rings. The summed E-state index contributed by atoms with van der Waals surface area (Å²) < 4.78 is 1.14. The number of aromatic hydroxyl groups is 1. The highest BCUT2D eigenvalue weighted by Gasteiger charge is 2.36. The maximum Gasteiger partial charge on any atom is 0.294 e. The molecule has 0 unspecified atom stereocenters. The van der Waals surface area contributed by atoms with E-state index in [-0.39, 0.29) is 17.2 Å². The quantitative estimate of drug-likeness (QED) is 0.554. The van der Waals surface area contributed by atoms with E-state index in [9.17, 15) is 19.5 Å². The molecule has 28 heavy (non-hydrogen) atoms. The Morgan fingerprint density at radius 3 is 2.57 bits per heavy atom. The first-order valence-corrected chi connectivity index (χ1v) is 10.4. The number of aryl methyl sites for hydroxylation is 1. The Labute approximate surface area is 182 Å². The second-order valence-electron chi connectivity index (χ2n) is 6.01. The number of halogens is 2. The van der Waals surface area contributed by atoms with Crippen molar-refractivity contribution in [2.24, 2.45) is 0 Å². The van der Waals surface area contributed by atoms with Gasteiger partial charge in [-0.25, -0.2) is 0 Å². The van der Waals surface area contributed by atoms with Crippen molar-refractivity contribution >= 4 is 72.4 Å². The average Bonchev–Trinajstić information content (AvgIpc) is 2.88. The van der Waals surface area contributed by atoms with Crippen LogP contribution in [0.5, 0.6) is 5.75 Å². The third kappa shape index (κ3) is 4.65. The van der Waals surface area contributed by atoms with E-state index in [0.29, 0.717) is 20.2 Å². The molecule has 0 atom stereocenters. The van der Waals surface area contributed by atoms with Gasteiger partial charge in [-0.3, -0.25) is 19.3 Å². The number of hydrogen-bond donors (Lipinski definition) is 2. The Morgan fingerprint density at radius 2 is 1.89 bits per heavy atom. The van der Waals surface area contributed by atoms with Gasteiger partial charge >= 0.3 is 0 Å². The first-order valence-electron chi connectivity index (χ1n) is 8.04. The summed E-state index contributed by atoms with van der Waals surface area (Å²) in [5.41, 5.74) is 2.01. The van der Waals surface area contributed by atoms with Crippen LogP contribution in [0.3, 0.4) is 0 Å². The Balaban J connectivity index is 1.74. The van der Waals surface area contributed by atoms with E-state index >= 15 is 0 Å². The van der Waals surface area contributed by atoms with Gasteiger partial charge < -0.3 is 10.4 Å². The van der Waals surface area contributed by atoms with Gasteiger partial charge in [0, 0.05) is 15.7 Å². The Morgan fingerprint density at radius 1 is 1.21 bits per heavy atom. The third-order valence-corrected chi connectivity index (χ3v) is 5.82. The van der Waals surface area contributed by atoms with Gasteiger partial charge in [-0.05, 0) is 65.0 Å². The summed E-state index contributed by atoms with van der Waals surface area (Å²) >= 11 is 7.26.